The molecule has 9 atom stereocenters. The number of rotatable bonds is 9. The number of aliphatic hydroxyl groups excluding tert-OH is 5. The maximum absolute atomic E-state index is 10.3. The van der Waals surface area contributed by atoms with Crippen molar-refractivity contribution < 1.29 is 54.7 Å². The molecule has 0 saturated carbocycles. The van der Waals surface area contributed by atoms with Crippen molar-refractivity contribution in [3.8, 4) is 5.75 Å². The van der Waals surface area contributed by atoms with E-state index in [-0.39, 0.29) is 25.1 Å². The van der Waals surface area contributed by atoms with E-state index in [0.717, 1.165) is 5.56 Å². The van der Waals surface area contributed by atoms with Crippen molar-refractivity contribution in [1.82, 2.24) is 0 Å². The van der Waals surface area contributed by atoms with E-state index in [1.54, 1.807) is 31.2 Å². The first-order chi connectivity index (χ1) is 15.1. The molecular weight excluding hydrogens is 428 g/mol. The van der Waals surface area contributed by atoms with Gasteiger partial charge in [-0.3, -0.25) is 0 Å². The SMILES string of the molecule is C[C@@H](CCc1ccc(O)cc1)O[C@@H]1O[C@H](CO[C@@H]2OC[C@](O)(CO)[C@H]2O)[C@@H](O)[C@H](O)[C@H]1O. The van der Waals surface area contributed by atoms with Crippen LogP contribution in [0.4, 0.5) is 0 Å². The van der Waals surface area contributed by atoms with E-state index in [2.05, 4.69) is 0 Å². The van der Waals surface area contributed by atoms with E-state index in [4.69, 9.17) is 18.9 Å². The van der Waals surface area contributed by atoms with Crippen LogP contribution >= 0.6 is 0 Å². The predicted molar refractivity (Wildman–Crippen MR) is 107 cm³/mol. The minimum absolute atomic E-state index is 0.175. The lowest BCUT2D eigenvalue weighted by Gasteiger charge is -2.41. The fraction of sp³-hybridized carbons (Fsp3) is 0.714. The zero-order valence-electron chi connectivity index (χ0n) is 17.7. The lowest BCUT2D eigenvalue weighted by molar-refractivity contribution is -0.317. The molecule has 1 aromatic rings. The van der Waals surface area contributed by atoms with Crippen LogP contribution in [0.3, 0.4) is 0 Å². The van der Waals surface area contributed by atoms with E-state index < -0.39 is 55.3 Å². The van der Waals surface area contributed by atoms with Crippen LogP contribution in [0.5, 0.6) is 5.75 Å². The third-order valence-electron chi connectivity index (χ3n) is 5.82. The summed E-state index contributed by atoms with van der Waals surface area (Å²) in [4.78, 5) is 0. The van der Waals surface area contributed by atoms with E-state index in [1.165, 1.54) is 0 Å². The Kier molecular flexibility index (Phi) is 8.44. The fourth-order valence-electron chi connectivity index (χ4n) is 3.62. The first kappa shape index (κ1) is 25.2. The number of hydrogen-bond donors (Lipinski definition) is 7. The average molecular weight is 460 g/mol. The smallest absolute Gasteiger partial charge is 0.186 e. The van der Waals surface area contributed by atoms with Gasteiger partial charge in [0, 0.05) is 0 Å². The molecule has 2 aliphatic heterocycles. The summed E-state index contributed by atoms with van der Waals surface area (Å²) < 4.78 is 21.9. The molecule has 7 N–H and O–H groups in total. The Labute approximate surface area is 185 Å². The van der Waals surface area contributed by atoms with Gasteiger partial charge < -0.3 is 54.7 Å². The number of phenols is 1. The van der Waals surface area contributed by atoms with Crippen LogP contribution in [0.2, 0.25) is 0 Å². The monoisotopic (exact) mass is 460 g/mol. The molecule has 32 heavy (non-hydrogen) atoms. The predicted octanol–water partition coefficient (Wildman–Crippen LogP) is -2.01. The van der Waals surface area contributed by atoms with Crippen LogP contribution in [0.25, 0.3) is 0 Å². The summed E-state index contributed by atoms with van der Waals surface area (Å²) in [5, 5.41) is 69.3. The summed E-state index contributed by atoms with van der Waals surface area (Å²) in [5.41, 5.74) is -0.867. The second kappa shape index (κ2) is 10.7. The van der Waals surface area contributed by atoms with Crippen molar-refractivity contribution in [2.24, 2.45) is 0 Å². The van der Waals surface area contributed by atoms with Crippen molar-refractivity contribution in [3.05, 3.63) is 29.8 Å². The summed E-state index contributed by atoms with van der Waals surface area (Å²) >= 11 is 0. The number of aromatic hydroxyl groups is 1. The standard InChI is InChI=1S/C21H32O11/c1-11(2-3-12-4-6-13(23)7-5-12)31-19-17(26)16(25)15(24)14(32-19)8-29-20-18(27)21(28,9-22)10-30-20/h4-7,11,14-20,22-28H,2-3,8-10H2,1H3/t11-,14+,15+,16-,17+,18-,19+,20+,21+/m0/s1. The highest BCUT2D eigenvalue weighted by Crippen LogP contribution is 2.28. The van der Waals surface area contributed by atoms with Gasteiger partial charge in [-0.15, -0.1) is 0 Å². The largest absolute Gasteiger partial charge is 0.508 e. The highest BCUT2D eigenvalue weighted by Gasteiger charge is 2.50. The molecule has 2 fully saturated rings. The Morgan fingerprint density at radius 3 is 2.38 bits per heavy atom. The number of hydrogen-bond acceptors (Lipinski definition) is 11. The summed E-state index contributed by atoms with van der Waals surface area (Å²) in [5.74, 6) is 0.175. The molecular formula is C21H32O11. The Hall–Kier alpha value is -1.38. The third kappa shape index (κ3) is 5.75. The van der Waals surface area contributed by atoms with Gasteiger partial charge >= 0.3 is 0 Å². The molecule has 182 valence electrons. The Balaban J connectivity index is 1.52. The molecule has 0 bridgehead atoms. The number of ether oxygens (including phenoxy) is 4. The molecule has 0 aliphatic carbocycles. The van der Waals surface area contributed by atoms with Crippen LogP contribution in [0.15, 0.2) is 24.3 Å². The molecule has 0 radical (unpaired) electrons. The summed E-state index contributed by atoms with van der Waals surface area (Å²) in [6.07, 6.45) is -8.83. The second-order valence-corrected chi connectivity index (χ2v) is 8.39. The van der Waals surface area contributed by atoms with Crippen molar-refractivity contribution >= 4 is 0 Å². The minimum Gasteiger partial charge on any atom is -0.508 e. The van der Waals surface area contributed by atoms with Crippen molar-refractivity contribution in [1.29, 1.82) is 0 Å². The highest BCUT2D eigenvalue weighted by atomic mass is 16.7. The van der Waals surface area contributed by atoms with Gasteiger partial charge in [0.25, 0.3) is 0 Å². The molecule has 2 saturated heterocycles. The van der Waals surface area contributed by atoms with E-state index in [1.807, 2.05) is 0 Å². The molecule has 0 spiro atoms. The zero-order chi connectivity index (χ0) is 23.5. The second-order valence-electron chi connectivity index (χ2n) is 8.39. The molecule has 0 unspecified atom stereocenters. The Morgan fingerprint density at radius 1 is 1.06 bits per heavy atom. The van der Waals surface area contributed by atoms with Gasteiger partial charge in [-0.2, -0.15) is 0 Å². The zero-order valence-corrected chi connectivity index (χ0v) is 17.7. The van der Waals surface area contributed by atoms with Crippen LogP contribution in [0.1, 0.15) is 18.9 Å². The lowest BCUT2D eigenvalue weighted by Crippen LogP contribution is -2.60. The maximum Gasteiger partial charge on any atom is 0.186 e. The summed E-state index contributed by atoms with van der Waals surface area (Å²) in [6.45, 7) is 0.377. The van der Waals surface area contributed by atoms with Crippen molar-refractivity contribution in [2.45, 2.75) is 74.6 Å². The van der Waals surface area contributed by atoms with Gasteiger partial charge in [-0.05, 0) is 37.5 Å². The Morgan fingerprint density at radius 2 is 1.75 bits per heavy atom. The number of aryl methyl sites for hydroxylation is 1. The topological polar surface area (TPSA) is 179 Å². The molecule has 11 nitrogen and oxygen atoms in total. The van der Waals surface area contributed by atoms with Crippen molar-refractivity contribution in [2.75, 3.05) is 19.8 Å². The number of aliphatic hydroxyl groups is 6. The summed E-state index contributed by atoms with van der Waals surface area (Å²) in [7, 11) is 0. The van der Waals surface area contributed by atoms with E-state index in [9.17, 15) is 35.7 Å². The quantitative estimate of drug-likeness (QED) is 0.217. The number of phenolic OH excluding ortho intramolecular Hbond substituents is 1. The van der Waals surface area contributed by atoms with Crippen LogP contribution < -0.4 is 0 Å². The fourth-order valence-corrected chi connectivity index (χ4v) is 3.62. The van der Waals surface area contributed by atoms with Gasteiger partial charge in [0.1, 0.15) is 41.9 Å². The molecule has 0 amide bonds. The molecule has 11 heteroatoms. The van der Waals surface area contributed by atoms with E-state index >= 15 is 0 Å². The summed E-state index contributed by atoms with van der Waals surface area (Å²) in [6, 6.07) is 6.75. The van der Waals surface area contributed by atoms with Crippen LogP contribution in [-0.2, 0) is 25.4 Å². The van der Waals surface area contributed by atoms with Gasteiger partial charge in [-0.1, -0.05) is 12.1 Å². The minimum atomic E-state index is -1.86. The van der Waals surface area contributed by atoms with Gasteiger partial charge in [0.05, 0.1) is 25.9 Å². The highest BCUT2D eigenvalue weighted by molar-refractivity contribution is 5.25. The Bertz CT molecular complexity index is 716. The first-order valence-corrected chi connectivity index (χ1v) is 10.5. The maximum atomic E-state index is 10.3. The molecule has 0 aromatic heterocycles. The van der Waals surface area contributed by atoms with Gasteiger partial charge in [0.15, 0.2) is 12.6 Å². The normalized spacial score (nSPS) is 38.7. The van der Waals surface area contributed by atoms with Crippen LogP contribution in [0, 0.1) is 0 Å². The molecule has 1 aromatic carbocycles. The molecule has 3 rings (SSSR count). The van der Waals surface area contributed by atoms with Crippen LogP contribution in [-0.4, -0.2) is 110 Å². The van der Waals surface area contributed by atoms with Gasteiger partial charge in [-0.25, -0.2) is 0 Å². The third-order valence-corrected chi connectivity index (χ3v) is 5.82. The van der Waals surface area contributed by atoms with Gasteiger partial charge in [0.2, 0.25) is 0 Å². The van der Waals surface area contributed by atoms with E-state index in [0.29, 0.717) is 12.8 Å². The first-order valence-electron chi connectivity index (χ1n) is 10.5. The average Bonchev–Trinajstić information content (AvgIpc) is 3.07. The molecule has 2 aliphatic rings. The number of benzene rings is 1. The van der Waals surface area contributed by atoms with Crippen molar-refractivity contribution in [3.63, 3.8) is 0 Å². The molecule has 2 heterocycles. The lowest BCUT2D eigenvalue weighted by atomic mass is 9.99.